The van der Waals surface area contributed by atoms with E-state index in [1.165, 1.54) is 17.4 Å². The maximum Gasteiger partial charge on any atom is 0.338 e. The Morgan fingerprint density at radius 1 is 1.26 bits per heavy atom. The third-order valence-electron chi connectivity index (χ3n) is 3.53. The van der Waals surface area contributed by atoms with Crippen molar-refractivity contribution in [1.29, 1.82) is 0 Å². The van der Waals surface area contributed by atoms with Crippen LogP contribution in [-0.4, -0.2) is 22.6 Å². The van der Waals surface area contributed by atoms with E-state index >= 15 is 0 Å². The highest BCUT2D eigenvalue weighted by atomic mass is 32.1. The Labute approximate surface area is 117 Å². The number of anilines is 1. The van der Waals surface area contributed by atoms with Gasteiger partial charge in [-0.05, 0) is 30.7 Å². The minimum absolute atomic E-state index is 0.121. The van der Waals surface area contributed by atoms with Gasteiger partial charge in [0, 0.05) is 5.54 Å². The van der Waals surface area contributed by atoms with Gasteiger partial charge in [0.2, 0.25) is 0 Å². The summed E-state index contributed by atoms with van der Waals surface area (Å²) in [5, 5.41) is 16.5. The van der Waals surface area contributed by atoms with E-state index in [0.29, 0.717) is 5.00 Å². The largest absolute Gasteiger partial charge is 0.478 e. The first-order chi connectivity index (χ1) is 8.98. The lowest BCUT2D eigenvalue weighted by Gasteiger charge is -2.31. The fourth-order valence-corrected chi connectivity index (χ4v) is 2.74. The number of thiophene rings is 1. The SMILES string of the molecule is CCC(CC)(CC)NC(=O)Nc1sccc1C(=O)O. The molecule has 0 bridgehead atoms. The summed E-state index contributed by atoms with van der Waals surface area (Å²) in [7, 11) is 0. The molecule has 0 aliphatic heterocycles. The number of rotatable bonds is 6. The molecule has 2 amide bonds. The number of nitrogens with one attached hydrogen (secondary N) is 2. The molecule has 0 saturated carbocycles. The quantitative estimate of drug-likeness (QED) is 0.747. The molecule has 1 rings (SSSR count). The van der Waals surface area contributed by atoms with Crippen LogP contribution in [0.15, 0.2) is 11.4 Å². The lowest BCUT2D eigenvalue weighted by atomic mass is 9.90. The Bertz CT molecular complexity index is 444. The van der Waals surface area contributed by atoms with E-state index in [4.69, 9.17) is 5.11 Å². The van der Waals surface area contributed by atoms with Crippen LogP contribution >= 0.6 is 11.3 Å². The number of aromatic carboxylic acids is 1. The molecule has 0 spiro atoms. The van der Waals surface area contributed by atoms with Crippen LogP contribution in [0.2, 0.25) is 0 Å². The standard InChI is InChI=1S/C13H20N2O3S/c1-4-13(5-2,6-3)15-12(18)14-10-9(11(16)17)7-8-19-10/h7-8H,4-6H2,1-3H3,(H,16,17)(H2,14,15,18). The molecule has 1 heterocycles. The molecule has 3 N–H and O–H groups in total. The fourth-order valence-electron chi connectivity index (χ4n) is 1.96. The number of carbonyl (C=O) groups is 2. The van der Waals surface area contributed by atoms with Crippen LogP contribution in [0.4, 0.5) is 9.80 Å². The van der Waals surface area contributed by atoms with E-state index in [1.54, 1.807) is 5.38 Å². The normalized spacial score (nSPS) is 11.1. The molecule has 0 saturated heterocycles. The molecule has 0 unspecified atom stereocenters. The van der Waals surface area contributed by atoms with Crippen molar-refractivity contribution in [3.8, 4) is 0 Å². The summed E-state index contributed by atoms with van der Waals surface area (Å²) in [6.45, 7) is 6.09. The Hall–Kier alpha value is -1.56. The number of hydrogen-bond acceptors (Lipinski definition) is 3. The summed E-state index contributed by atoms with van der Waals surface area (Å²) >= 11 is 1.20. The van der Waals surface area contributed by atoms with Gasteiger partial charge in [0.25, 0.3) is 0 Å². The van der Waals surface area contributed by atoms with Gasteiger partial charge in [-0.15, -0.1) is 11.3 Å². The predicted molar refractivity (Wildman–Crippen MR) is 77.0 cm³/mol. The lowest BCUT2D eigenvalue weighted by Crippen LogP contribution is -2.48. The summed E-state index contributed by atoms with van der Waals surface area (Å²) in [6.07, 6.45) is 2.51. The van der Waals surface area contributed by atoms with Gasteiger partial charge in [-0.25, -0.2) is 9.59 Å². The van der Waals surface area contributed by atoms with Crippen LogP contribution in [-0.2, 0) is 0 Å². The molecule has 0 fully saturated rings. The van der Waals surface area contributed by atoms with Crippen molar-refractivity contribution in [2.45, 2.75) is 45.6 Å². The molecule has 0 atom stereocenters. The second kappa shape index (κ2) is 6.56. The van der Waals surface area contributed by atoms with Gasteiger partial charge in [0.15, 0.2) is 0 Å². The molecule has 106 valence electrons. The topological polar surface area (TPSA) is 78.4 Å². The third kappa shape index (κ3) is 3.70. The van der Waals surface area contributed by atoms with Crippen molar-refractivity contribution in [3.63, 3.8) is 0 Å². The van der Waals surface area contributed by atoms with Crippen molar-refractivity contribution in [2.24, 2.45) is 0 Å². The zero-order chi connectivity index (χ0) is 14.5. The molecule has 19 heavy (non-hydrogen) atoms. The number of carboxylic acids is 1. The number of amides is 2. The van der Waals surface area contributed by atoms with Crippen LogP contribution in [0.25, 0.3) is 0 Å². The first-order valence-corrected chi connectivity index (χ1v) is 7.26. The Balaban J connectivity index is 2.75. The number of carbonyl (C=O) groups excluding carboxylic acids is 1. The van der Waals surface area contributed by atoms with Gasteiger partial charge in [-0.3, -0.25) is 5.32 Å². The number of carboxylic acid groups (broad SMARTS) is 1. The van der Waals surface area contributed by atoms with Gasteiger partial charge in [-0.1, -0.05) is 20.8 Å². The molecule has 5 nitrogen and oxygen atoms in total. The first-order valence-electron chi connectivity index (χ1n) is 6.38. The van der Waals surface area contributed by atoms with E-state index in [1.807, 2.05) is 20.8 Å². The summed E-state index contributed by atoms with van der Waals surface area (Å²) in [5.41, 5.74) is -0.111. The summed E-state index contributed by atoms with van der Waals surface area (Å²) < 4.78 is 0. The van der Waals surface area contributed by atoms with Gasteiger partial charge >= 0.3 is 12.0 Å². The molecule has 0 radical (unpaired) electrons. The Morgan fingerprint density at radius 3 is 2.32 bits per heavy atom. The summed E-state index contributed by atoms with van der Waals surface area (Å²) in [5.74, 6) is -1.04. The van der Waals surface area contributed by atoms with Gasteiger partial charge < -0.3 is 10.4 Å². The highest BCUT2D eigenvalue weighted by molar-refractivity contribution is 7.14. The summed E-state index contributed by atoms with van der Waals surface area (Å²) in [4.78, 5) is 22.9. The smallest absolute Gasteiger partial charge is 0.338 e. The van der Waals surface area contributed by atoms with Crippen LogP contribution < -0.4 is 10.6 Å². The summed E-state index contributed by atoms with van der Waals surface area (Å²) in [6, 6.07) is 1.13. The first kappa shape index (κ1) is 15.5. The molecule has 6 heteroatoms. The van der Waals surface area contributed by atoms with Crippen molar-refractivity contribution >= 4 is 28.3 Å². The Kier molecular flexibility index (Phi) is 5.35. The molecule has 1 aromatic rings. The maximum atomic E-state index is 12.0. The third-order valence-corrected chi connectivity index (χ3v) is 4.36. The van der Waals surface area contributed by atoms with Gasteiger partial charge in [-0.2, -0.15) is 0 Å². The van der Waals surface area contributed by atoms with Gasteiger partial charge in [0.05, 0.1) is 5.56 Å². The highest BCUT2D eigenvalue weighted by Gasteiger charge is 2.26. The van der Waals surface area contributed by atoms with Crippen LogP contribution in [0.5, 0.6) is 0 Å². The van der Waals surface area contributed by atoms with Crippen molar-refractivity contribution in [2.75, 3.05) is 5.32 Å². The minimum Gasteiger partial charge on any atom is -0.478 e. The monoisotopic (exact) mass is 284 g/mol. The lowest BCUT2D eigenvalue weighted by molar-refractivity contribution is 0.0698. The molecule has 1 aromatic heterocycles. The predicted octanol–water partition coefficient (Wildman–Crippen LogP) is 3.54. The molecule has 0 aromatic carbocycles. The van der Waals surface area contributed by atoms with Gasteiger partial charge in [0.1, 0.15) is 5.00 Å². The van der Waals surface area contributed by atoms with E-state index in [0.717, 1.165) is 19.3 Å². The van der Waals surface area contributed by atoms with Crippen molar-refractivity contribution in [1.82, 2.24) is 5.32 Å². The Morgan fingerprint density at radius 2 is 1.84 bits per heavy atom. The zero-order valence-electron chi connectivity index (χ0n) is 11.4. The van der Waals surface area contributed by atoms with Crippen molar-refractivity contribution in [3.05, 3.63) is 17.0 Å². The number of hydrogen-bond donors (Lipinski definition) is 3. The van der Waals surface area contributed by atoms with Crippen LogP contribution in [0.3, 0.4) is 0 Å². The van der Waals surface area contributed by atoms with E-state index in [-0.39, 0.29) is 17.1 Å². The second-order valence-corrected chi connectivity index (χ2v) is 5.30. The molecule has 0 aliphatic carbocycles. The van der Waals surface area contributed by atoms with E-state index in [9.17, 15) is 9.59 Å². The van der Waals surface area contributed by atoms with Crippen LogP contribution in [0, 0.1) is 0 Å². The second-order valence-electron chi connectivity index (χ2n) is 4.39. The maximum absolute atomic E-state index is 12.0. The van der Waals surface area contributed by atoms with E-state index in [2.05, 4.69) is 10.6 Å². The minimum atomic E-state index is -1.04. The van der Waals surface area contributed by atoms with E-state index < -0.39 is 5.97 Å². The average molecular weight is 284 g/mol. The average Bonchev–Trinajstić information content (AvgIpc) is 2.84. The van der Waals surface area contributed by atoms with Crippen molar-refractivity contribution < 1.29 is 14.7 Å². The highest BCUT2D eigenvalue weighted by Crippen LogP contribution is 2.24. The zero-order valence-corrected chi connectivity index (χ0v) is 12.3. The molecular formula is C13H20N2O3S. The molecular weight excluding hydrogens is 264 g/mol. The molecule has 0 aliphatic rings. The number of urea groups is 1. The fraction of sp³-hybridized carbons (Fsp3) is 0.538. The van der Waals surface area contributed by atoms with Crippen LogP contribution in [0.1, 0.15) is 50.4 Å².